The van der Waals surface area contributed by atoms with Crippen LogP contribution in [0, 0.1) is 0 Å². The van der Waals surface area contributed by atoms with Gasteiger partial charge >= 0.3 is 0 Å². The van der Waals surface area contributed by atoms with Gasteiger partial charge in [0.2, 0.25) is 5.91 Å². The molecule has 2 rings (SSSR count). The summed E-state index contributed by atoms with van der Waals surface area (Å²) in [5, 5.41) is 5.93. The molecule has 0 spiro atoms. The first-order chi connectivity index (χ1) is 10.1. The second-order valence-electron chi connectivity index (χ2n) is 4.92. The Hall–Kier alpha value is -2.56. The lowest BCUT2D eigenvalue weighted by molar-refractivity contribution is -0.119. The summed E-state index contributed by atoms with van der Waals surface area (Å²) in [5.74, 6) is 0.853. The van der Waals surface area contributed by atoms with Crippen LogP contribution in [-0.2, 0) is 11.3 Å². The number of carbonyl (C=O) groups is 1. The molecule has 0 aliphatic rings. The predicted molar refractivity (Wildman–Crippen MR) is 85.3 cm³/mol. The van der Waals surface area contributed by atoms with E-state index in [1.807, 2.05) is 61.5 Å². The molecule has 0 aliphatic heterocycles. The average Bonchev–Trinajstić information content (AvgIpc) is 2.52. The summed E-state index contributed by atoms with van der Waals surface area (Å²) in [7, 11) is 3.89. The fraction of sp³-hybridized carbons (Fsp3) is 0.250. The molecule has 0 unspecified atom stereocenters. The molecule has 1 heterocycles. The van der Waals surface area contributed by atoms with Gasteiger partial charge in [0.1, 0.15) is 5.82 Å². The van der Waals surface area contributed by atoms with Gasteiger partial charge in [-0.15, -0.1) is 0 Å². The van der Waals surface area contributed by atoms with Crippen molar-refractivity contribution in [2.75, 3.05) is 30.9 Å². The van der Waals surface area contributed by atoms with Crippen molar-refractivity contribution in [3.8, 4) is 0 Å². The van der Waals surface area contributed by atoms with E-state index in [4.69, 9.17) is 0 Å². The van der Waals surface area contributed by atoms with Gasteiger partial charge in [-0.2, -0.15) is 0 Å². The normalized spacial score (nSPS) is 10.0. The second-order valence-corrected chi connectivity index (χ2v) is 4.92. The Morgan fingerprint density at radius 2 is 1.90 bits per heavy atom. The lowest BCUT2D eigenvalue weighted by Gasteiger charge is -2.11. The molecule has 0 radical (unpaired) electrons. The summed E-state index contributed by atoms with van der Waals surface area (Å²) in [6, 6.07) is 13.6. The molecule has 1 aromatic heterocycles. The van der Waals surface area contributed by atoms with Gasteiger partial charge in [0.25, 0.3) is 0 Å². The van der Waals surface area contributed by atoms with E-state index in [-0.39, 0.29) is 12.5 Å². The molecule has 2 N–H and O–H groups in total. The Kier molecular flexibility index (Phi) is 5.15. The van der Waals surface area contributed by atoms with Gasteiger partial charge < -0.3 is 15.5 Å². The monoisotopic (exact) mass is 284 g/mol. The van der Waals surface area contributed by atoms with Crippen LogP contribution in [0.15, 0.2) is 48.7 Å². The third kappa shape index (κ3) is 4.80. The van der Waals surface area contributed by atoms with E-state index >= 15 is 0 Å². The van der Waals surface area contributed by atoms with Crippen LogP contribution in [0.25, 0.3) is 0 Å². The minimum atomic E-state index is -0.0458. The maximum atomic E-state index is 11.8. The number of hydrogen-bond acceptors (Lipinski definition) is 4. The van der Waals surface area contributed by atoms with Crippen molar-refractivity contribution in [3.63, 3.8) is 0 Å². The Balaban J connectivity index is 1.76. The Labute approximate surface area is 125 Å². The molecule has 110 valence electrons. The first-order valence-electron chi connectivity index (χ1n) is 6.83. The largest absolute Gasteiger partial charge is 0.376 e. The standard InChI is InChI=1S/C16H20N4O/c1-20(2)15-9-8-13(10-18-15)11-19-16(21)12-17-14-6-4-3-5-7-14/h3-10,17H,11-12H2,1-2H3,(H,19,21). The van der Waals surface area contributed by atoms with Gasteiger partial charge in [0.05, 0.1) is 6.54 Å². The topological polar surface area (TPSA) is 57.3 Å². The van der Waals surface area contributed by atoms with Crippen LogP contribution in [0.4, 0.5) is 11.5 Å². The van der Waals surface area contributed by atoms with E-state index in [1.165, 1.54) is 0 Å². The van der Waals surface area contributed by atoms with Crippen LogP contribution in [0.1, 0.15) is 5.56 Å². The second kappa shape index (κ2) is 7.28. The summed E-state index contributed by atoms with van der Waals surface area (Å²) in [6.07, 6.45) is 1.78. The maximum Gasteiger partial charge on any atom is 0.239 e. The third-order valence-corrected chi connectivity index (χ3v) is 2.98. The molecule has 2 aromatic rings. The highest BCUT2D eigenvalue weighted by Gasteiger charge is 2.02. The Morgan fingerprint density at radius 3 is 2.52 bits per heavy atom. The molecule has 5 nitrogen and oxygen atoms in total. The zero-order valence-corrected chi connectivity index (χ0v) is 12.3. The van der Waals surface area contributed by atoms with Crippen LogP contribution in [0.5, 0.6) is 0 Å². The van der Waals surface area contributed by atoms with Crippen molar-refractivity contribution in [1.82, 2.24) is 10.3 Å². The number of nitrogens with one attached hydrogen (secondary N) is 2. The van der Waals surface area contributed by atoms with Gasteiger partial charge in [-0.1, -0.05) is 24.3 Å². The highest BCUT2D eigenvalue weighted by molar-refractivity contribution is 5.80. The van der Waals surface area contributed by atoms with Crippen LogP contribution in [0.3, 0.4) is 0 Å². The quantitative estimate of drug-likeness (QED) is 0.850. The van der Waals surface area contributed by atoms with E-state index in [1.54, 1.807) is 6.20 Å². The van der Waals surface area contributed by atoms with E-state index in [2.05, 4.69) is 15.6 Å². The first kappa shape index (κ1) is 14.8. The van der Waals surface area contributed by atoms with Gasteiger partial charge in [-0.25, -0.2) is 4.98 Å². The highest BCUT2D eigenvalue weighted by atomic mass is 16.1. The van der Waals surface area contributed by atoms with Gasteiger partial charge in [-0.05, 0) is 23.8 Å². The molecule has 0 aliphatic carbocycles. The summed E-state index contributed by atoms with van der Waals surface area (Å²) in [6.45, 7) is 0.739. The number of amides is 1. The zero-order chi connectivity index (χ0) is 15.1. The number of para-hydroxylation sites is 1. The zero-order valence-electron chi connectivity index (χ0n) is 12.3. The average molecular weight is 284 g/mol. The summed E-state index contributed by atoms with van der Waals surface area (Å²) in [4.78, 5) is 18.0. The van der Waals surface area contributed by atoms with Crippen molar-refractivity contribution in [3.05, 3.63) is 54.2 Å². The van der Waals surface area contributed by atoms with Gasteiger partial charge in [0.15, 0.2) is 0 Å². The van der Waals surface area contributed by atoms with Gasteiger partial charge in [-0.3, -0.25) is 4.79 Å². The molecule has 1 amide bonds. The van der Waals surface area contributed by atoms with E-state index < -0.39 is 0 Å². The van der Waals surface area contributed by atoms with Crippen molar-refractivity contribution in [2.45, 2.75) is 6.54 Å². The first-order valence-corrected chi connectivity index (χ1v) is 6.83. The van der Waals surface area contributed by atoms with Crippen LogP contribution >= 0.6 is 0 Å². The van der Waals surface area contributed by atoms with Crippen molar-refractivity contribution in [1.29, 1.82) is 0 Å². The fourth-order valence-electron chi connectivity index (χ4n) is 1.79. The van der Waals surface area contributed by atoms with Crippen LogP contribution in [-0.4, -0.2) is 31.5 Å². The molecule has 0 fully saturated rings. The van der Waals surface area contributed by atoms with Crippen molar-refractivity contribution < 1.29 is 4.79 Å². The fourth-order valence-corrected chi connectivity index (χ4v) is 1.79. The van der Waals surface area contributed by atoms with E-state index in [0.29, 0.717) is 6.54 Å². The van der Waals surface area contributed by atoms with E-state index in [0.717, 1.165) is 17.1 Å². The minimum absolute atomic E-state index is 0.0458. The summed E-state index contributed by atoms with van der Waals surface area (Å²) < 4.78 is 0. The molecule has 5 heteroatoms. The van der Waals surface area contributed by atoms with E-state index in [9.17, 15) is 4.79 Å². The molecule has 0 bridgehead atoms. The van der Waals surface area contributed by atoms with Crippen molar-refractivity contribution >= 4 is 17.4 Å². The van der Waals surface area contributed by atoms with Crippen molar-refractivity contribution in [2.24, 2.45) is 0 Å². The number of carbonyl (C=O) groups excluding carboxylic acids is 1. The predicted octanol–water partition coefficient (Wildman–Crippen LogP) is 1.88. The molecule has 0 atom stereocenters. The lowest BCUT2D eigenvalue weighted by atomic mass is 10.2. The molecule has 0 saturated carbocycles. The molecule has 1 aromatic carbocycles. The van der Waals surface area contributed by atoms with Crippen LogP contribution in [0.2, 0.25) is 0 Å². The summed E-state index contributed by atoms with van der Waals surface area (Å²) in [5.41, 5.74) is 1.92. The molecular weight excluding hydrogens is 264 g/mol. The summed E-state index contributed by atoms with van der Waals surface area (Å²) >= 11 is 0. The smallest absolute Gasteiger partial charge is 0.239 e. The Morgan fingerprint density at radius 1 is 1.14 bits per heavy atom. The number of benzene rings is 1. The number of nitrogens with zero attached hydrogens (tertiary/aromatic N) is 2. The Bertz CT molecular complexity index is 567. The lowest BCUT2D eigenvalue weighted by Crippen LogP contribution is -2.29. The number of hydrogen-bond donors (Lipinski definition) is 2. The molecule has 0 saturated heterocycles. The number of rotatable bonds is 6. The number of anilines is 2. The molecule has 21 heavy (non-hydrogen) atoms. The van der Waals surface area contributed by atoms with Gasteiger partial charge in [0, 0.05) is 32.5 Å². The molecular formula is C16H20N4O. The van der Waals surface area contributed by atoms with Crippen LogP contribution < -0.4 is 15.5 Å². The highest BCUT2D eigenvalue weighted by Crippen LogP contribution is 2.07. The third-order valence-electron chi connectivity index (χ3n) is 2.98. The maximum absolute atomic E-state index is 11.8. The number of pyridine rings is 1. The minimum Gasteiger partial charge on any atom is -0.376 e. The SMILES string of the molecule is CN(C)c1ccc(CNC(=O)CNc2ccccc2)cn1. The number of aromatic nitrogens is 1.